The van der Waals surface area contributed by atoms with Gasteiger partial charge in [-0.2, -0.15) is 10.2 Å². The summed E-state index contributed by atoms with van der Waals surface area (Å²) in [4.78, 5) is 38.4. The number of anilines is 2. The number of nitrogen functional groups attached to an aromatic ring is 1. The van der Waals surface area contributed by atoms with Crippen molar-refractivity contribution in [1.29, 1.82) is 5.26 Å². The largest absolute Gasteiger partial charge is 0.391 e. The van der Waals surface area contributed by atoms with Crippen molar-refractivity contribution in [2.75, 3.05) is 17.2 Å². The Balaban J connectivity index is 1.64. The Kier molecular flexibility index (Phi) is 6.17. The number of aliphatic hydroxyl groups is 1. The van der Waals surface area contributed by atoms with Crippen LogP contribution in [0.3, 0.4) is 0 Å². The molecule has 40 heavy (non-hydrogen) atoms. The molecule has 11 nitrogen and oxygen atoms in total. The molecular formula is C29H25N9O2. The van der Waals surface area contributed by atoms with Crippen molar-refractivity contribution in [3.05, 3.63) is 94.2 Å². The lowest BCUT2D eigenvalue weighted by Gasteiger charge is -2.28. The fraction of sp³-hybridized carbons (Fsp3) is 0.207. The van der Waals surface area contributed by atoms with Crippen molar-refractivity contribution in [1.82, 2.24) is 29.5 Å². The number of aryl methyl sites for hydroxylation is 2. The second kappa shape index (κ2) is 9.83. The van der Waals surface area contributed by atoms with Crippen molar-refractivity contribution >= 4 is 22.7 Å². The van der Waals surface area contributed by atoms with E-state index in [0.29, 0.717) is 50.9 Å². The third-order valence-electron chi connectivity index (χ3n) is 7.08. The summed E-state index contributed by atoms with van der Waals surface area (Å²) in [6.07, 6.45) is 2.90. The van der Waals surface area contributed by atoms with Crippen LogP contribution in [-0.2, 0) is 0 Å². The molecule has 0 radical (unpaired) electrons. The number of nitrogens with zero attached hydrogens (tertiary/aromatic N) is 8. The van der Waals surface area contributed by atoms with Crippen molar-refractivity contribution in [3.63, 3.8) is 0 Å². The van der Waals surface area contributed by atoms with Crippen LogP contribution in [-0.4, -0.2) is 47.2 Å². The van der Waals surface area contributed by atoms with Gasteiger partial charge in [0, 0.05) is 30.9 Å². The van der Waals surface area contributed by atoms with E-state index >= 15 is 0 Å². The summed E-state index contributed by atoms with van der Waals surface area (Å²) in [6.45, 7) is 3.67. The topological polar surface area (TPSA) is 160 Å². The molecule has 198 valence electrons. The average Bonchev–Trinajstić information content (AvgIpc) is 3.34. The number of rotatable bonds is 4. The molecule has 0 amide bonds. The van der Waals surface area contributed by atoms with Gasteiger partial charge in [-0.1, -0.05) is 30.3 Å². The molecule has 1 saturated heterocycles. The fourth-order valence-electron chi connectivity index (χ4n) is 5.28. The second-order valence-corrected chi connectivity index (χ2v) is 9.70. The quantitative estimate of drug-likeness (QED) is 0.353. The maximum absolute atomic E-state index is 14.4. The molecule has 2 atom stereocenters. The third-order valence-corrected chi connectivity index (χ3v) is 7.08. The molecule has 1 aliphatic rings. The molecule has 4 heterocycles. The van der Waals surface area contributed by atoms with Gasteiger partial charge < -0.3 is 15.7 Å². The van der Waals surface area contributed by atoms with Gasteiger partial charge in [-0.05, 0) is 37.6 Å². The van der Waals surface area contributed by atoms with Crippen molar-refractivity contribution < 1.29 is 5.11 Å². The van der Waals surface area contributed by atoms with Gasteiger partial charge >= 0.3 is 0 Å². The maximum atomic E-state index is 14.4. The van der Waals surface area contributed by atoms with Crippen molar-refractivity contribution in [2.24, 2.45) is 0 Å². The number of aromatic nitrogens is 6. The third kappa shape index (κ3) is 4.20. The SMILES string of the molecule is Cc1ncc(-c2cccc3nc([C@@H]4C[C@H](O)CN4c4nc(N)nc(C)c4C#N)n(-c4ccccc4)c(=O)c23)cn1. The molecule has 0 saturated carbocycles. The van der Waals surface area contributed by atoms with Gasteiger partial charge in [0.05, 0.1) is 34.4 Å². The first kappa shape index (κ1) is 25.1. The van der Waals surface area contributed by atoms with E-state index in [9.17, 15) is 15.2 Å². The number of nitrogens with two attached hydrogens (primary N) is 1. The van der Waals surface area contributed by atoms with Crippen molar-refractivity contribution in [2.45, 2.75) is 32.4 Å². The van der Waals surface area contributed by atoms with Crippen LogP contribution in [0.15, 0.2) is 65.7 Å². The molecule has 3 N–H and O–H groups in total. The number of hydrogen-bond acceptors (Lipinski definition) is 10. The Hall–Kier alpha value is -5.21. The number of fused-ring (bicyclic) bond motifs is 1. The Labute approximate surface area is 229 Å². The molecule has 11 heteroatoms. The minimum absolute atomic E-state index is 0.0171. The van der Waals surface area contributed by atoms with Crippen LogP contribution < -0.4 is 16.2 Å². The van der Waals surface area contributed by atoms with Crippen LogP contribution in [0.5, 0.6) is 0 Å². The van der Waals surface area contributed by atoms with E-state index in [4.69, 9.17) is 10.7 Å². The van der Waals surface area contributed by atoms with E-state index in [-0.39, 0.29) is 30.0 Å². The molecule has 6 rings (SSSR count). The minimum atomic E-state index is -0.749. The molecule has 3 aromatic heterocycles. The minimum Gasteiger partial charge on any atom is -0.391 e. The first-order chi connectivity index (χ1) is 19.4. The molecular weight excluding hydrogens is 506 g/mol. The van der Waals surface area contributed by atoms with E-state index in [1.807, 2.05) is 42.5 Å². The highest BCUT2D eigenvalue weighted by molar-refractivity contribution is 5.94. The lowest BCUT2D eigenvalue weighted by molar-refractivity contribution is 0.193. The Morgan fingerprint density at radius 3 is 2.50 bits per heavy atom. The summed E-state index contributed by atoms with van der Waals surface area (Å²) >= 11 is 0. The summed E-state index contributed by atoms with van der Waals surface area (Å²) in [7, 11) is 0. The molecule has 2 aromatic carbocycles. The van der Waals surface area contributed by atoms with E-state index < -0.39 is 12.1 Å². The van der Waals surface area contributed by atoms with Gasteiger partial charge in [-0.15, -0.1) is 0 Å². The molecule has 0 spiro atoms. The first-order valence-corrected chi connectivity index (χ1v) is 12.7. The predicted octanol–water partition coefficient (Wildman–Crippen LogP) is 3.02. The van der Waals surface area contributed by atoms with Crippen LogP contribution in [0.4, 0.5) is 11.8 Å². The molecule has 1 fully saturated rings. The number of benzene rings is 2. The lowest BCUT2D eigenvalue weighted by atomic mass is 10.0. The molecule has 0 unspecified atom stereocenters. The summed E-state index contributed by atoms with van der Waals surface area (Å²) in [5.74, 6) is 1.36. The van der Waals surface area contributed by atoms with Crippen LogP contribution in [0, 0.1) is 25.2 Å². The lowest BCUT2D eigenvalue weighted by Crippen LogP contribution is -2.33. The smallest absolute Gasteiger partial charge is 0.266 e. The van der Waals surface area contributed by atoms with Crippen LogP contribution in [0.1, 0.15) is 35.4 Å². The Morgan fingerprint density at radius 1 is 1.02 bits per heavy atom. The van der Waals surface area contributed by atoms with E-state index in [2.05, 4.69) is 26.0 Å². The van der Waals surface area contributed by atoms with Gasteiger partial charge in [-0.3, -0.25) is 9.36 Å². The highest BCUT2D eigenvalue weighted by Crippen LogP contribution is 2.38. The Bertz CT molecular complexity index is 1850. The van der Waals surface area contributed by atoms with Crippen LogP contribution in [0.2, 0.25) is 0 Å². The van der Waals surface area contributed by atoms with Gasteiger partial charge in [-0.25, -0.2) is 19.9 Å². The standard InChI is InChI=1S/C29H25N9O2/c1-16-22(12-30)26(36-29(31)34-16)37-15-20(39)11-24(37)27-35-23-10-6-9-21(18-13-32-17(2)33-14-18)25(23)28(40)38(27)19-7-4-3-5-8-19/h3-10,13-14,20,24,39H,11,15H2,1-2H3,(H2,31,34,36)/t20-,24-/m0/s1. The highest BCUT2D eigenvalue weighted by atomic mass is 16.3. The molecule has 1 aliphatic heterocycles. The number of hydrogen-bond donors (Lipinski definition) is 2. The van der Waals surface area contributed by atoms with Gasteiger partial charge in [0.15, 0.2) is 5.82 Å². The average molecular weight is 532 g/mol. The summed E-state index contributed by atoms with van der Waals surface area (Å²) in [6, 6.07) is 16.3. The number of aliphatic hydroxyl groups excluding tert-OH is 1. The fourth-order valence-corrected chi connectivity index (χ4v) is 5.28. The van der Waals surface area contributed by atoms with Crippen LogP contribution >= 0.6 is 0 Å². The van der Waals surface area contributed by atoms with E-state index in [1.165, 1.54) is 0 Å². The number of β-amino-alcohol motifs (C(OH)–C–C–N with tert-alkyl or cyclic N) is 1. The molecule has 5 aromatic rings. The van der Waals surface area contributed by atoms with Gasteiger partial charge in [0.25, 0.3) is 5.56 Å². The highest BCUT2D eigenvalue weighted by Gasteiger charge is 2.38. The number of nitriles is 1. The summed E-state index contributed by atoms with van der Waals surface area (Å²) in [5, 5.41) is 21.2. The predicted molar refractivity (Wildman–Crippen MR) is 150 cm³/mol. The second-order valence-electron chi connectivity index (χ2n) is 9.70. The monoisotopic (exact) mass is 531 g/mol. The maximum Gasteiger partial charge on any atom is 0.266 e. The first-order valence-electron chi connectivity index (χ1n) is 12.7. The van der Waals surface area contributed by atoms with Crippen LogP contribution in [0.25, 0.3) is 27.7 Å². The summed E-state index contributed by atoms with van der Waals surface area (Å²) < 4.78 is 1.57. The molecule has 0 aliphatic carbocycles. The molecule has 0 bridgehead atoms. The van der Waals surface area contributed by atoms with Crippen molar-refractivity contribution in [3.8, 4) is 22.9 Å². The van der Waals surface area contributed by atoms with E-state index in [0.717, 1.165) is 0 Å². The van der Waals surface area contributed by atoms with Gasteiger partial charge in [0.1, 0.15) is 23.3 Å². The van der Waals surface area contributed by atoms with E-state index in [1.54, 1.807) is 41.8 Å². The summed E-state index contributed by atoms with van der Waals surface area (Å²) in [5.41, 5.74) is 8.86. The number of para-hydroxylation sites is 1. The normalized spacial score (nSPS) is 16.8. The zero-order valence-corrected chi connectivity index (χ0v) is 21.9. The zero-order valence-electron chi connectivity index (χ0n) is 21.9. The Morgan fingerprint density at radius 2 is 1.77 bits per heavy atom. The zero-order chi connectivity index (χ0) is 28.0. The van der Waals surface area contributed by atoms with Gasteiger partial charge in [0.2, 0.25) is 5.95 Å².